The van der Waals surface area contributed by atoms with Crippen molar-refractivity contribution < 1.29 is 39.6 Å². The highest BCUT2D eigenvalue weighted by Crippen LogP contribution is 2.53. The number of phenols is 1. The van der Waals surface area contributed by atoms with Crippen LogP contribution >= 0.6 is 0 Å². The average molecular weight is 516 g/mol. The number of amides is 3. The number of anilines is 2. The van der Waals surface area contributed by atoms with Crippen molar-refractivity contribution in [1.82, 2.24) is 4.90 Å². The lowest BCUT2D eigenvalue weighted by atomic mass is 9.58. The van der Waals surface area contributed by atoms with Crippen molar-refractivity contribution in [3.05, 3.63) is 39.9 Å². The topological polar surface area (TPSA) is 220 Å². The van der Waals surface area contributed by atoms with Crippen molar-refractivity contribution in [2.24, 2.45) is 23.3 Å². The van der Waals surface area contributed by atoms with Gasteiger partial charge in [-0.05, 0) is 44.5 Å². The van der Waals surface area contributed by atoms with Gasteiger partial charge in [-0.1, -0.05) is 0 Å². The first-order chi connectivity index (χ1) is 17.1. The number of likely N-dealkylation sites (N-methyl/N-ethyl adjacent to an activating group) is 1. The summed E-state index contributed by atoms with van der Waals surface area (Å²) in [5.74, 6) is -7.49. The molecule has 1 aromatic carbocycles. The quantitative estimate of drug-likeness (QED) is 0.204. The van der Waals surface area contributed by atoms with Crippen LogP contribution in [0, 0.1) is 11.8 Å². The van der Waals surface area contributed by atoms with Crippen LogP contribution in [0.3, 0.4) is 0 Å². The molecule has 37 heavy (non-hydrogen) atoms. The number of fused-ring (bicyclic) bond motifs is 3. The van der Waals surface area contributed by atoms with Gasteiger partial charge in [0.15, 0.2) is 17.1 Å². The van der Waals surface area contributed by atoms with Gasteiger partial charge in [-0.25, -0.2) is 4.79 Å². The Morgan fingerprint density at radius 1 is 1.11 bits per heavy atom. The predicted molar refractivity (Wildman–Crippen MR) is 131 cm³/mol. The number of hydrogen-bond acceptors (Lipinski definition) is 10. The second-order valence-electron chi connectivity index (χ2n) is 9.99. The molecule has 0 heterocycles. The summed E-state index contributed by atoms with van der Waals surface area (Å²) >= 11 is 0. The van der Waals surface area contributed by atoms with Crippen molar-refractivity contribution in [2.75, 3.05) is 38.4 Å². The van der Waals surface area contributed by atoms with E-state index in [9.17, 15) is 39.6 Å². The molecule has 3 aliphatic carbocycles. The van der Waals surface area contributed by atoms with Crippen molar-refractivity contribution in [3.63, 3.8) is 0 Å². The summed E-state index contributed by atoms with van der Waals surface area (Å²) in [6.07, 6.45) is 0.0904. The molecule has 3 amide bonds. The Kier molecular flexibility index (Phi) is 5.96. The lowest BCUT2D eigenvalue weighted by molar-refractivity contribution is -0.148. The number of carbonyl (C=O) groups is 4. The fourth-order valence-electron chi connectivity index (χ4n) is 5.93. The van der Waals surface area contributed by atoms with E-state index in [1.807, 2.05) is 0 Å². The van der Waals surface area contributed by atoms with E-state index in [4.69, 9.17) is 11.5 Å². The molecule has 0 saturated carbocycles. The van der Waals surface area contributed by atoms with Gasteiger partial charge >= 0.3 is 6.03 Å². The summed E-state index contributed by atoms with van der Waals surface area (Å²) in [5, 5.41) is 46.9. The van der Waals surface area contributed by atoms with Gasteiger partial charge in [-0.2, -0.15) is 0 Å². The number of benzene rings is 1. The standard InChI is InChI=1S/C24H29N5O8/c1-28(2)12-7-11(27-23(26)36)17(30)14-9(12)5-8-6-10-16(29(3)4)19(32)15(22(25)35)21(34)24(10,37)20(33)13(8)18(14)31/h7-8,10,16,30,32-33,37H,5-6H2,1-4H3,(H2,25,35)(H3,26,27,36)/t8?,10?,16-,24-/m0/s1. The van der Waals surface area contributed by atoms with Crippen LogP contribution in [0.15, 0.2) is 28.7 Å². The van der Waals surface area contributed by atoms with Gasteiger partial charge in [-0.15, -0.1) is 0 Å². The number of carbonyl (C=O) groups excluding carboxylic acids is 4. The first kappa shape index (κ1) is 26.0. The van der Waals surface area contributed by atoms with Crippen molar-refractivity contribution in [1.29, 1.82) is 0 Å². The smallest absolute Gasteiger partial charge is 0.316 e. The number of aromatic hydroxyl groups is 1. The Balaban J connectivity index is 1.99. The number of ketones is 2. The van der Waals surface area contributed by atoms with Crippen LogP contribution in [0.1, 0.15) is 22.3 Å². The lowest BCUT2D eigenvalue weighted by Crippen LogP contribution is -2.63. The molecule has 1 aromatic rings. The van der Waals surface area contributed by atoms with Gasteiger partial charge in [0.05, 0.1) is 17.3 Å². The largest absolute Gasteiger partial charge is 0.510 e. The molecule has 2 unspecified atom stereocenters. The molecule has 198 valence electrons. The molecular formula is C24H29N5O8. The van der Waals surface area contributed by atoms with Crippen LogP contribution in [-0.2, 0) is 16.0 Å². The van der Waals surface area contributed by atoms with Crippen molar-refractivity contribution in [2.45, 2.75) is 24.5 Å². The highest BCUT2D eigenvalue weighted by molar-refractivity contribution is 6.25. The molecule has 0 fully saturated rings. The molecule has 0 aliphatic heterocycles. The first-order valence-electron chi connectivity index (χ1n) is 11.4. The van der Waals surface area contributed by atoms with Crippen LogP contribution in [0.5, 0.6) is 5.75 Å². The van der Waals surface area contributed by atoms with Crippen molar-refractivity contribution in [3.8, 4) is 5.75 Å². The number of urea groups is 1. The van der Waals surface area contributed by atoms with E-state index in [0.717, 1.165) is 0 Å². The number of nitrogens with zero attached hydrogens (tertiary/aromatic N) is 2. The highest BCUT2D eigenvalue weighted by atomic mass is 16.3. The van der Waals surface area contributed by atoms with Crippen LogP contribution in [0.4, 0.5) is 16.2 Å². The summed E-state index contributed by atoms with van der Waals surface area (Å²) in [5.41, 5.74) is 7.18. The van der Waals surface area contributed by atoms with Crippen LogP contribution in [-0.4, -0.2) is 88.7 Å². The number of phenolic OH excluding ortho intramolecular Hbond substituents is 1. The third kappa shape index (κ3) is 3.53. The summed E-state index contributed by atoms with van der Waals surface area (Å²) in [6.45, 7) is 0. The molecular weight excluding hydrogens is 486 g/mol. The molecule has 9 N–H and O–H groups in total. The number of allylic oxidation sites excluding steroid dienone is 1. The van der Waals surface area contributed by atoms with E-state index < -0.39 is 69.8 Å². The molecule has 0 radical (unpaired) electrons. The molecule has 0 aromatic heterocycles. The van der Waals surface area contributed by atoms with Gasteiger partial charge in [-0.3, -0.25) is 19.3 Å². The van der Waals surface area contributed by atoms with E-state index in [2.05, 4.69) is 5.32 Å². The summed E-state index contributed by atoms with van der Waals surface area (Å²) in [4.78, 5) is 53.8. The first-order valence-corrected chi connectivity index (χ1v) is 11.4. The maximum atomic E-state index is 13.8. The molecule has 0 bridgehead atoms. The zero-order chi connectivity index (χ0) is 27.7. The predicted octanol–water partition coefficient (Wildman–Crippen LogP) is -0.323. The van der Waals surface area contributed by atoms with E-state index in [1.165, 1.54) is 11.0 Å². The third-order valence-electron chi connectivity index (χ3n) is 7.44. The Labute approximate surface area is 211 Å². The van der Waals surface area contributed by atoms with E-state index in [-0.39, 0.29) is 29.7 Å². The van der Waals surface area contributed by atoms with Gasteiger partial charge in [0.2, 0.25) is 5.78 Å². The number of primary amides is 2. The van der Waals surface area contributed by atoms with Gasteiger partial charge in [0, 0.05) is 31.3 Å². The summed E-state index contributed by atoms with van der Waals surface area (Å²) in [6, 6.07) is -0.597. The Morgan fingerprint density at radius 3 is 2.24 bits per heavy atom. The number of nitrogens with one attached hydrogen (secondary N) is 1. The Bertz CT molecular complexity index is 1330. The zero-order valence-electron chi connectivity index (χ0n) is 20.7. The fourth-order valence-corrected chi connectivity index (χ4v) is 5.93. The maximum Gasteiger partial charge on any atom is 0.316 e. The molecule has 4 rings (SSSR count). The van der Waals surface area contributed by atoms with Crippen LogP contribution in [0.2, 0.25) is 0 Å². The number of aliphatic hydroxyl groups excluding tert-OH is 2. The molecule has 4 atom stereocenters. The molecule has 3 aliphatic rings. The van der Waals surface area contributed by atoms with Crippen LogP contribution in [0.25, 0.3) is 0 Å². The monoisotopic (exact) mass is 515 g/mol. The summed E-state index contributed by atoms with van der Waals surface area (Å²) < 4.78 is 0. The van der Waals surface area contributed by atoms with Crippen LogP contribution < -0.4 is 21.7 Å². The number of aliphatic hydroxyl groups is 3. The van der Waals surface area contributed by atoms with Gasteiger partial charge in [0.25, 0.3) is 5.91 Å². The minimum atomic E-state index is -2.73. The Hall–Kier alpha value is -4.10. The molecule has 13 nitrogen and oxygen atoms in total. The second kappa shape index (κ2) is 8.49. The number of Topliss-reactive ketones (excluding diaryl/α,β-unsaturated/α-hetero) is 2. The summed E-state index contributed by atoms with van der Waals surface area (Å²) in [7, 11) is 6.51. The van der Waals surface area contributed by atoms with E-state index in [0.29, 0.717) is 11.3 Å². The lowest BCUT2D eigenvalue weighted by Gasteiger charge is -2.50. The van der Waals surface area contributed by atoms with Gasteiger partial charge < -0.3 is 42.1 Å². The number of hydrogen-bond donors (Lipinski definition) is 7. The average Bonchev–Trinajstić information content (AvgIpc) is 2.77. The minimum absolute atomic E-state index is 0.0271. The molecule has 0 saturated heterocycles. The van der Waals surface area contributed by atoms with E-state index in [1.54, 1.807) is 33.1 Å². The van der Waals surface area contributed by atoms with Gasteiger partial charge in [0.1, 0.15) is 17.1 Å². The number of nitrogens with two attached hydrogens (primary N) is 2. The molecule has 13 heteroatoms. The maximum absolute atomic E-state index is 13.8. The zero-order valence-corrected chi connectivity index (χ0v) is 20.7. The third-order valence-corrected chi connectivity index (χ3v) is 7.44. The van der Waals surface area contributed by atoms with Crippen molar-refractivity contribution >= 4 is 34.9 Å². The fraction of sp³-hybridized carbons (Fsp3) is 0.417. The molecule has 0 spiro atoms. The van der Waals surface area contributed by atoms with E-state index >= 15 is 0 Å². The Morgan fingerprint density at radius 2 is 1.73 bits per heavy atom. The second-order valence-corrected chi connectivity index (χ2v) is 9.99. The minimum Gasteiger partial charge on any atom is -0.510 e. The highest BCUT2D eigenvalue weighted by Gasteiger charge is 2.63. The SMILES string of the molecule is CN(C)c1cc(NC(N)=O)c(O)c2c1CC1CC3[C@H](N(C)C)C(O)=C(C(N)=O)C(=O)[C@@]3(O)C(O)=C1C2=O. The number of rotatable bonds is 4. The normalized spacial score (nSPS) is 27.0.